The minimum absolute atomic E-state index is 0.00816. The van der Waals surface area contributed by atoms with Crippen LogP contribution in [0.15, 0.2) is 102 Å². The van der Waals surface area contributed by atoms with Gasteiger partial charge in [-0.05, 0) is 66.8 Å². The van der Waals surface area contributed by atoms with Crippen molar-refractivity contribution in [2.45, 2.75) is 56.1 Å². The summed E-state index contributed by atoms with van der Waals surface area (Å²) in [7, 11) is -2.70. The van der Waals surface area contributed by atoms with Crippen molar-refractivity contribution in [3.63, 3.8) is 0 Å². The molecule has 12 heteroatoms. The molecule has 4 rings (SSSR count). The van der Waals surface area contributed by atoms with Crippen molar-refractivity contribution in [1.82, 2.24) is 14.9 Å². The van der Waals surface area contributed by atoms with Crippen LogP contribution in [0.25, 0.3) is 0 Å². The summed E-state index contributed by atoms with van der Waals surface area (Å²) in [6.45, 7) is 5.72. The Kier molecular flexibility index (Phi) is 12.8. The molecule has 10 nitrogen and oxygen atoms in total. The molecule has 0 fully saturated rings. The van der Waals surface area contributed by atoms with Crippen LogP contribution in [-0.2, 0) is 19.6 Å². The van der Waals surface area contributed by atoms with Gasteiger partial charge in [-0.2, -0.15) is 4.31 Å². The van der Waals surface area contributed by atoms with E-state index in [9.17, 15) is 23.1 Å². The molecular formula is C36H44N4O6S2. The number of thiophene rings is 1. The van der Waals surface area contributed by atoms with Crippen molar-refractivity contribution in [2.24, 2.45) is 5.92 Å². The van der Waals surface area contributed by atoms with E-state index >= 15 is 0 Å². The van der Waals surface area contributed by atoms with Crippen LogP contribution in [-0.4, -0.2) is 56.1 Å². The number of carbonyl (C=O) groups excluding carboxylic acids is 2. The van der Waals surface area contributed by atoms with E-state index in [1.54, 1.807) is 12.1 Å². The van der Waals surface area contributed by atoms with Crippen molar-refractivity contribution in [3.8, 4) is 0 Å². The molecule has 1 heterocycles. The largest absolute Gasteiger partial charge is 0.453 e. The number of anilines is 1. The van der Waals surface area contributed by atoms with Crippen molar-refractivity contribution in [1.29, 1.82) is 0 Å². The van der Waals surface area contributed by atoms with Gasteiger partial charge in [-0.25, -0.2) is 13.2 Å². The van der Waals surface area contributed by atoms with Crippen molar-refractivity contribution in [3.05, 3.63) is 118 Å². The first-order valence-corrected chi connectivity index (χ1v) is 18.0. The topological polar surface area (TPSA) is 151 Å². The van der Waals surface area contributed by atoms with E-state index in [0.717, 1.165) is 20.9 Å². The number of amides is 2. The molecule has 3 aromatic carbocycles. The fourth-order valence-corrected chi connectivity index (χ4v) is 8.64. The number of carbonyl (C=O) groups is 2. The van der Waals surface area contributed by atoms with E-state index in [-0.39, 0.29) is 30.4 Å². The van der Waals surface area contributed by atoms with E-state index in [0.29, 0.717) is 5.69 Å². The fraction of sp³-hybridized carbons (Fsp3) is 0.333. The third-order valence-electron chi connectivity index (χ3n) is 7.94. The summed E-state index contributed by atoms with van der Waals surface area (Å²) in [5, 5.41) is 15.9. The van der Waals surface area contributed by atoms with Gasteiger partial charge in [0.2, 0.25) is 15.9 Å². The summed E-state index contributed by atoms with van der Waals surface area (Å²) >= 11 is 1.37. The van der Waals surface area contributed by atoms with Crippen LogP contribution in [0.3, 0.4) is 0 Å². The fourth-order valence-electron chi connectivity index (χ4n) is 5.62. The van der Waals surface area contributed by atoms with E-state index in [1.807, 2.05) is 93.6 Å². The molecule has 0 aliphatic rings. The second kappa shape index (κ2) is 16.7. The van der Waals surface area contributed by atoms with E-state index in [1.165, 1.54) is 34.9 Å². The first-order chi connectivity index (χ1) is 23.0. The Labute approximate surface area is 287 Å². The number of aliphatic hydroxyl groups is 1. The van der Waals surface area contributed by atoms with E-state index in [2.05, 4.69) is 10.6 Å². The number of ether oxygens (including phenoxy) is 1. The summed E-state index contributed by atoms with van der Waals surface area (Å²) in [6.07, 6.45) is -0.555. The zero-order valence-corrected chi connectivity index (χ0v) is 29.2. The molecule has 2 amide bonds. The molecule has 4 aromatic rings. The predicted molar refractivity (Wildman–Crippen MR) is 189 cm³/mol. The minimum Gasteiger partial charge on any atom is -0.453 e. The Bertz CT molecular complexity index is 1690. The van der Waals surface area contributed by atoms with Gasteiger partial charge >= 0.3 is 6.09 Å². The lowest BCUT2D eigenvalue weighted by atomic mass is 9.84. The minimum atomic E-state index is -3.95. The molecule has 256 valence electrons. The van der Waals surface area contributed by atoms with Crippen LogP contribution in [0.4, 0.5) is 10.5 Å². The molecule has 0 aliphatic heterocycles. The lowest BCUT2D eigenvalue weighted by Crippen LogP contribution is -2.50. The number of rotatable bonds is 15. The molecular weight excluding hydrogens is 649 g/mol. The smallest absolute Gasteiger partial charge is 0.407 e. The molecule has 3 atom stereocenters. The van der Waals surface area contributed by atoms with Gasteiger partial charge in [-0.15, -0.1) is 11.3 Å². The van der Waals surface area contributed by atoms with Crippen LogP contribution in [0, 0.1) is 5.92 Å². The Balaban J connectivity index is 1.65. The third kappa shape index (κ3) is 9.01. The average Bonchev–Trinajstić information content (AvgIpc) is 3.57. The molecule has 0 bridgehead atoms. The van der Waals surface area contributed by atoms with Crippen LogP contribution >= 0.6 is 11.3 Å². The molecule has 0 unspecified atom stereocenters. The van der Waals surface area contributed by atoms with Crippen LogP contribution < -0.4 is 16.4 Å². The standard InChI is InChI=1S/C36H44N4O6S2/c1-24(2)23-40(48(44,45)29-17-15-28(37)16-18-29)30(21-22-41)32-20-19-31(47-32)25(3)38-35(42)34(39-36(43)46-4)33(26-11-7-5-8-12-26)27-13-9-6-10-14-27/h5-20,24-25,30,33-34,41H,21-23,37H2,1-4H3,(H,38,42)(H,39,43)/t25-,30+,34-/m0/s1. The normalized spacial score (nSPS) is 13.7. The highest BCUT2D eigenvalue weighted by atomic mass is 32.2. The summed E-state index contributed by atoms with van der Waals surface area (Å²) in [6, 6.07) is 26.6. The van der Waals surface area contributed by atoms with Crippen molar-refractivity contribution < 1.29 is 27.9 Å². The first-order valence-electron chi connectivity index (χ1n) is 15.8. The number of aliphatic hydroxyl groups excluding tert-OH is 1. The van der Waals surface area contributed by atoms with Gasteiger partial charge in [0.05, 0.1) is 24.1 Å². The zero-order chi connectivity index (χ0) is 34.8. The molecule has 0 aliphatic carbocycles. The number of benzene rings is 3. The third-order valence-corrected chi connectivity index (χ3v) is 11.2. The van der Waals surface area contributed by atoms with Crippen LogP contribution in [0.2, 0.25) is 0 Å². The van der Waals surface area contributed by atoms with Gasteiger partial charge in [0, 0.05) is 34.5 Å². The maximum absolute atomic E-state index is 14.0. The number of hydrogen-bond acceptors (Lipinski definition) is 8. The zero-order valence-electron chi connectivity index (χ0n) is 27.6. The molecule has 5 N–H and O–H groups in total. The van der Waals surface area contributed by atoms with Crippen molar-refractivity contribution in [2.75, 3.05) is 26.0 Å². The summed E-state index contributed by atoms with van der Waals surface area (Å²) in [5.41, 5.74) is 7.95. The molecule has 0 radical (unpaired) electrons. The molecule has 0 saturated carbocycles. The van der Waals surface area contributed by atoms with Crippen molar-refractivity contribution >= 4 is 39.0 Å². The highest BCUT2D eigenvalue weighted by molar-refractivity contribution is 7.89. The Morgan fingerprint density at radius 2 is 1.42 bits per heavy atom. The Morgan fingerprint density at radius 3 is 1.94 bits per heavy atom. The van der Waals surface area contributed by atoms with Gasteiger partial charge in [-0.1, -0.05) is 74.5 Å². The summed E-state index contributed by atoms with van der Waals surface area (Å²) in [5.74, 6) is -0.927. The van der Waals surface area contributed by atoms with Gasteiger partial charge in [0.25, 0.3) is 0 Å². The summed E-state index contributed by atoms with van der Waals surface area (Å²) < 4.78 is 34.2. The highest BCUT2D eigenvalue weighted by Crippen LogP contribution is 2.37. The number of sulfonamides is 1. The van der Waals surface area contributed by atoms with E-state index < -0.39 is 46.1 Å². The number of nitrogens with two attached hydrogens (primary N) is 1. The van der Waals surface area contributed by atoms with E-state index in [4.69, 9.17) is 10.5 Å². The number of nitrogens with zero attached hydrogens (tertiary/aromatic N) is 1. The lowest BCUT2D eigenvalue weighted by Gasteiger charge is -2.31. The second-order valence-corrected chi connectivity index (χ2v) is 15.0. The molecule has 1 aromatic heterocycles. The molecule has 0 spiro atoms. The average molecular weight is 693 g/mol. The van der Waals surface area contributed by atoms with Gasteiger partial charge in [0.1, 0.15) is 6.04 Å². The quantitative estimate of drug-likeness (QED) is 0.114. The number of nitrogen functional groups attached to an aromatic ring is 1. The van der Waals surface area contributed by atoms with Crippen LogP contribution in [0.5, 0.6) is 0 Å². The van der Waals surface area contributed by atoms with Crippen LogP contribution in [0.1, 0.15) is 66.1 Å². The van der Waals surface area contributed by atoms with Gasteiger partial charge < -0.3 is 26.2 Å². The number of nitrogens with one attached hydrogen (secondary N) is 2. The maximum atomic E-state index is 14.0. The Morgan fingerprint density at radius 1 is 0.854 bits per heavy atom. The monoisotopic (exact) mass is 692 g/mol. The molecule has 48 heavy (non-hydrogen) atoms. The molecule has 0 saturated heterocycles. The SMILES string of the molecule is COC(=O)N[C@H](C(=O)N[C@@H](C)c1ccc([C@@H](CCO)N(CC(C)C)S(=O)(=O)c2ccc(N)cc2)s1)C(c1ccccc1)c1ccccc1. The predicted octanol–water partition coefficient (Wildman–Crippen LogP) is 5.83. The maximum Gasteiger partial charge on any atom is 0.407 e. The number of hydrogen-bond donors (Lipinski definition) is 4. The van der Waals surface area contributed by atoms with Gasteiger partial charge in [0.15, 0.2) is 0 Å². The lowest BCUT2D eigenvalue weighted by molar-refractivity contribution is -0.124. The number of methoxy groups -OCH3 is 1. The second-order valence-electron chi connectivity index (χ2n) is 11.9. The highest BCUT2D eigenvalue weighted by Gasteiger charge is 2.36. The van der Waals surface area contributed by atoms with Gasteiger partial charge in [-0.3, -0.25) is 4.79 Å². The number of alkyl carbamates (subject to hydrolysis) is 1. The Hall–Kier alpha value is -4.23. The summed E-state index contributed by atoms with van der Waals surface area (Å²) in [4.78, 5) is 28.2. The first kappa shape index (κ1) is 36.6.